The van der Waals surface area contributed by atoms with Crippen LogP contribution in [0.25, 0.3) is 22.3 Å². The molecule has 1 aliphatic carbocycles. The molecule has 0 spiro atoms. The molecule has 1 fully saturated rings. The van der Waals surface area contributed by atoms with Crippen molar-refractivity contribution in [3.05, 3.63) is 77.9 Å². The number of hydrogen-bond acceptors (Lipinski definition) is 1. The van der Waals surface area contributed by atoms with Gasteiger partial charge in [-0.3, -0.25) is 0 Å². The highest BCUT2D eigenvalue weighted by atomic mass is 19.3. The van der Waals surface area contributed by atoms with Crippen molar-refractivity contribution in [2.45, 2.75) is 77.7 Å². The lowest BCUT2D eigenvalue weighted by atomic mass is 9.78. The van der Waals surface area contributed by atoms with E-state index in [1.807, 2.05) is 24.3 Å². The molecule has 0 unspecified atom stereocenters. The zero-order valence-corrected chi connectivity index (χ0v) is 21.7. The molecule has 0 bridgehead atoms. The summed E-state index contributed by atoms with van der Waals surface area (Å²) in [5.41, 5.74) is 2.78. The first-order valence-electron chi connectivity index (χ1n) is 13.5. The van der Waals surface area contributed by atoms with Crippen molar-refractivity contribution in [3.63, 3.8) is 0 Å². The molecule has 5 heteroatoms. The Morgan fingerprint density at radius 2 is 1.30 bits per heavy atom. The van der Waals surface area contributed by atoms with Gasteiger partial charge in [0.05, 0.1) is 6.42 Å². The van der Waals surface area contributed by atoms with Gasteiger partial charge < -0.3 is 4.74 Å². The number of alkyl halides is 2. The van der Waals surface area contributed by atoms with Crippen LogP contribution in [0.2, 0.25) is 0 Å². The van der Waals surface area contributed by atoms with Crippen LogP contribution in [-0.2, 0) is 6.42 Å². The minimum atomic E-state index is -3.37. The summed E-state index contributed by atoms with van der Waals surface area (Å²) in [5, 5.41) is 0. The van der Waals surface area contributed by atoms with Gasteiger partial charge in [-0.15, -0.1) is 0 Å². The van der Waals surface area contributed by atoms with Crippen LogP contribution in [-0.4, -0.2) is 6.11 Å². The van der Waals surface area contributed by atoms with Gasteiger partial charge >= 0.3 is 6.11 Å². The second kappa shape index (κ2) is 12.1. The fraction of sp³-hybridized carbons (Fsp3) is 0.438. The average Bonchev–Trinajstić information content (AvgIpc) is 2.88. The Labute approximate surface area is 217 Å². The van der Waals surface area contributed by atoms with Crippen LogP contribution in [0.15, 0.2) is 60.7 Å². The van der Waals surface area contributed by atoms with Crippen LogP contribution in [0, 0.1) is 23.5 Å². The van der Waals surface area contributed by atoms with E-state index in [1.165, 1.54) is 31.0 Å². The molecule has 3 aromatic carbocycles. The van der Waals surface area contributed by atoms with Crippen molar-refractivity contribution < 1.29 is 22.3 Å². The van der Waals surface area contributed by atoms with E-state index in [0.717, 1.165) is 55.2 Å². The van der Waals surface area contributed by atoms with Gasteiger partial charge in [0.15, 0.2) is 0 Å². The van der Waals surface area contributed by atoms with Gasteiger partial charge in [-0.1, -0.05) is 88.8 Å². The van der Waals surface area contributed by atoms with Gasteiger partial charge in [0.1, 0.15) is 17.4 Å². The Bertz CT molecular complexity index is 1160. The summed E-state index contributed by atoms with van der Waals surface area (Å²) in [7, 11) is 0. The van der Waals surface area contributed by atoms with Crippen molar-refractivity contribution in [2.24, 2.45) is 11.8 Å². The molecular formula is C32H36F4O. The summed E-state index contributed by atoms with van der Waals surface area (Å²) >= 11 is 0. The Hall–Kier alpha value is -2.82. The smallest absolute Gasteiger partial charge is 0.397 e. The maximum atomic E-state index is 14.9. The van der Waals surface area contributed by atoms with E-state index in [9.17, 15) is 17.6 Å². The van der Waals surface area contributed by atoms with Crippen molar-refractivity contribution in [2.75, 3.05) is 0 Å². The number of halogens is 4. The molecule has 0 aliphatic heterocycles. The fourth-order valence-electron chi connectivity index (χ4n) is 5.44. The van der Waals surface area contributed by atoms with E-state index in [1.54, 1.807) is 12.1 Å². The molecule has 0 N–H and O–H groups in total. The predicted octanol–water partition coefficient (Wildman–Crippen LogP) is 10.2. The molecule has 37 heavy (non-hydrogen) atoms. The molecule has 0 saturated heterocycles. The van der Waals surface area contributed by atoms with E-state index in [-0.39, 0.29) is 17.7 Å². The number of benzene rings is 3. The zero-order chi connectivity index (χ0) is 26.4. The largest absolute Gasteiger partial charge is 0.432 e. The average molecular weight is 513 g/mol. The highest BCUT2D eigenvalue weighted by Gasteiger charge is 2.33. The van der Waals surface area contributed by atoms with Crippen LogP contribution < -0.4 is 4.74 Å². The first-order chi connectivity index (χ1) is 17.8. The molecule has 4 rings (SSSR count). The fourth-order valence-corrected chi connectivity index (χ4v) is 5.44. The molecule has 1 nitrogen and oxygen atoms in total. The Morgan fingerprint density at radius 1 is 0.730 bits per heavy atom. The molecule has 1 saturated carbocycles. The molecular weight excluding hydrogens is 476 g/mol. The lowest BCUT2D eigenvalue weighted by molar-refractivity contribution is -0.183. The predicted molar refractivity (Wildman–Crippen MR) is 142 cm³/mol. The van der Waals surface area contributed by atoms with Crippen LogP contribution in [0.3, 0.4) is 0 Å². The summed E-state index contributed by atoms with van der Waals surface area (Å²) < 4.78 is 63.7. The molecule has 1 aliphatic rings. The molecule has 3 aromatic rings. The van der Waals surface area contributed by atoms with E-state index >= 15 is 0 Å². The van der Waals surface area contributed by atoms with Crippen LogP contribution in [0.1, 0.15) is 70.8 Å². The van der Waals surface area contributed by atoms with Gasteiger partial charge in [-0.05, 0) is 59.6 Å². The molecule has 0 heterocycles. The van der Waals surface area contributed by atoms with Gasteiger partial charge in [0.25, 0.3) is 0 Å². The van der Waals surface area contributed by atoms with E-state index in [4.69, 9.17) is 4.74 Å². The summed E-state index contributed by atoms with van der Waals surface area (Å²) in [4.78, 5) is 0. The normalized spacial score (nSPS) is 18.1. The third kappa shape index (κ3) is 7.15. The van der Waals surface area contributed by atoms with E-state index < -0.39 is 17.7 Å². The third-order valence-corrected chi connectivity index (χ3v) is 7.67. The van der Waals surface area contributed by atoms with Crippen molar-refractivity contribution in [3.8, 4) is 28.0 Å². The quantitative estimate of drug-likeness (QED) is 0.246. The van der Waals surface area contributed by atoms with Crippen molar-refractivity contribution in [1.82, 2.24) is 0 Å². The van der Waals surface area contributed by atoms with Gasteiger partial charge in [0.2, 0.25) is 0 Å². The highest BCUT2D eigenvalue weighted by molar-refractivity contribution is 5.71. The number of rotatable bonds is 10. The molecule has 0 amide bonds. The highest BCUT2D eigenvalue weighted by Crippen LogP contribution is 2.37. The zero-order valence-electron chi connectivity index (χ0n) is 21.7. The maximum Gasteiger partial charge on any atom is 0.397 e. The van der Waals surface area contributed by atoms with Crippen molar-refractivity contribution >= 4 is 0 Å². The Kier molecular flexibility index (Phi) is 8.94. The number of aryl methyl sites for hydroxylation is 1. The molecule has 198 valence electrons. The third-order valence-electron chi connectivity index (χ3n) is 7.67. The minimum absolute atomic E-state index is 0.131. The van der Waals surface area contributed by atoms with E-state index in [0.29, 0.717) is 23.5 Å². The van der Waals surface area contributed by atoms with Crippen molar-refractivity contribution in [1.29, 1.82) is 0 Å². The van der Waals surface area contributed by atoms with Crippen LogP contribution >= 0.6 is 0 Å². The summed E-state index contributed by atoms with van der Waals surface area (Å²) in [6, 6.07) is 15.8. The molecule has 0 atom stereocenters. The van der Waals surface area contributed by atoms with Gasteiger partial charge in [-0.2, -0.15) is 8.78 Å². The summed E-state index contributed by atoms with van der Waals surface area (Å²) in [5.74, 6) is -0.412. The second-order valence-electron chi connectivity index (χ2n) is 10.3. The standard InChI is InChI=1S/C32H36F4O/c1-3-5-23-6-8-24(9-7-23)18-19-32(35,36)37-27-15-17-29(31(34)21-27)26-14-16-28(30(33)20-26)25-12-10-22(4-2)11-13-25/h10-17,20-21,23-24H,3-9,18-19H2,1-2H3. The SMILES string of the molecule is CCCC1CCC(CCC(F)(F)Oc2ccc(-c3ccc(-c4ccc(CC)cc4)c(F)c3)c(F)c2)CC1. The Balaban J connectivity index is 1.38. The maximum absolute atomic E-state index is 14.9. The first-order valence-corrected chi connectivity index (χ1v) is 13.5. The lowest BCUT2D eigenvalue weighted by Gasteiger charge is -2.29. The van der Waals surface area contributed by atoms with Crippen LogP contribution in [0.5, 0.6) is 5.75 Å². The topological polar surface area (TPSA) is 9.23 Å². The minimum Gasteiger partial charge on any atom is -0.432 e. The number of ether oxygens (including phenoxy) is 1. The van der Waals surface area contributed by atoms with Crippen LogP contribution in [0.4, 0.5) is 17.6 Å². The second-order valence-corrected chi connectivity index (χ2v) is 10.3. The lowest BCUT2D eigenvalue weighted by Crippen LogP contribution is -2.26. The Morgan fingerprint density at radius 3 is 1.89 bits per heavy atom. The summed E-state index contributed by atoms with van der Waals surface area (Å²) in [6.07, 6.45) is 4.15. The van der Waals surface area contributed by atoms with Gasteiger partial charge in [-0.25, -0.2) is 8.78 Å². The first kappa shape index (κ1) is 27.2. The number of hydrogen-bond donors (Lipinski definition) is 0. The van der Waals surface area contributed by atoms with Gasteiger partial charge in [0, 0.05) is 17.2 Å². The molecule has 0 aromatic heterocycles. The molecule has 0 radical (unpaired) electrons. The summed E-state index contributed by atoms with van der Waals surface area (Å²) in [6.45, 7) is 4.23. The van der Waals surface area contributed by atoms with E-state index in [2.05, 4.69) is 13.8 Å². The monoisotopic (exact) mass is 512 g/mol.